The predicted octanol–water partition coefficient (Wildman–Crippen LogP) is 1.70. The molecule has 3 rings (SSSR count). The zero-order chi connectivity index (χ0) is 10.3. The van der Waals surface area contributed by atoms with E-state index in [1.54, 1.807) is 7.11 Å². The van der Waals surface area contributed by atoms with E-state index in [1.165, 1.54) is 6.39 Å². The van der Waals surface area contributed by atoms with Crippen molar-refractivity contribution in [1.82, 2.24) is 4.98 Å². The molecule has 0 unspecified atom stereocenters. The van der Waals surface area contributed by atoms with Crippen molar-refractivity contribution >= 4 is 11.1 Å². The Morgan fingerprint density at radius 1 is 1.40 bits per heavy atom. The van der Waals surface area contributed by atoms with Crippen LogP contribution < -0.4 is 0 Å². The third-order valence-electron chi connectivity index (χ3n) is 2.92. The molecule has 1 fully saturated rings. The molecular weight excluding hydrogens is 194 g/mol. The van der Waals surface area contributed by atoms with Gasteiger partial charge in [-0.3, -0.25) is 0 Å². The Hall–Kier alpha value is -1.39. The van der Waals surface area contributed by atoms with E-state index in [9.17, 15) is 0 Å². The van der Waals surface area contributed by atoms with Crippen molar-refractivity contribution in [2.45, 2.75) is 5.60 Å². The second-order valence-electron chi connectivity index (χ2n) is 3.73. The van der Waals surface area contributed by atoms with Gasteiger partial charge in [0.25, 0.3) is 0 Å². The fourth-order valence-electron chi connectivity index (χ4n) is 1.83. The first-order chi connectivity index (χ1) is 7.34. The van der Waals surface area contributed by atoms with Crippen molar-refractivity contribution in [1.29, 1.82) is 0 Å². The zero-order valence-electron chi connectivity index (χ0n) is 8.40. The molecule has 0 radical (unpaired) electrons. The molecule has 0 atom stereocenters. The molecule has 0 bridgehead atoms. The summed E-state index contributed by atoms with van der Waals surface area (Å²) in [6.45, 7) is 1.20. The van der Waals surface area contributed by atoms with Crippen LogP contribution in [0.1, 0.15) is 5.56 Å². The van der Waals surface area contributed by atoms with E-state index in [4.69, 9.17) is 13.9 Å². The van der Waals surface area contributed by atoms with E-state index < -0.39 is 0 Å². The summed E-state index contributed by atoms with van der Waals surface area (Å²) >= 11 is 0. The third-order valence-corrected chi connectivity index (χ3v) is 2.92. The van der Waals surface area contributed by atoms with E-state index in [0.717, 1.165) is 16.7 Å². The van der Waals surface area contributed by atoms with Crippen LogP contribution in [0, 0.1) is 0 Å². The minimum atomic E-state index is -0.291. The van der Waals surface area contributed by atoms with Gasteiger partial charge in [-0.05, 0) is 17.7 Å². The van der Waals surface area contributed by atoms with Gasteiger partial charge in [0.15, 0.2) is 12.0 Å². The number of hydrogen-bond donors (Lipinski definition) is 0. The molecule has 0 aliphatic carbocycles. The van der Waals surface area contributed by atoms with Gasteiger partial charge >= 0.3 is 0 Å². The van der Waals surface area contributed by atoms with Crippen molar-refractivity contribution in [3.05, 3.63) is 30.2 Å². The van der Waals surface area contributed by atoms with Gasteiger partial charge in [0.2, 0.25) is 0 Å². The van der Waals surface area contributed by atoms with Gasteiger partial charge in [-0.25, -0.2) is 4.98 Å². The molecule has 1 aromatic heterocycles. The summed E-state index contributed by atoms with van der Waals surface area (Å²) in [5.41, 5.74) is 2.45. The van der Waals surface area contributed by atoms with Crippen molar-refractivity contribution in [2.75, 3.05) is 20.3 Å². The Kier molecular flexibility index (Phi) is 1.81. The largest absolute Gasteiger partial charge is 0.443 e. The van der Waals surface area contributed by atoms with E-state index in [0.29, 0.717) is 13.2 Å². The van der Waals surface area contributed by atoms with E-state index in [-0.39, 0.29) is 5.60 Å². The Bertz CT molecular complexity index is 482. The average Bonchev–Trinajstić information content (AvgIpc) is 2.64. The Balaban J connectivity index is 2.10. The molecule has 78 valence electrons. The normalized spacial score (nSPS) is 19.0. The number of ether oxygens (including phenoxy) is 2. The van der Waals surface area contributed by atoms with Crippen molar-refractivity contribution < 1.29 is 13.9 Å². The number of nitrogens with zero attached hydrogens (tertiary/aromatic N) is 1. The lowest BCUT2D eigenvalue weighted by atomic mass is 9.91. The summed E-state index contributed by atoms with van der Waals surface area (Å²) in [5.74, 6) is 0. The molecule has 4 heteroatoms. The summed E-state index contributed by atoms with van der Waals surface area (Å²) in [7, 11) is 1.70. The van der Waals surface area contributed by atoms with E-state index >= 15 is 0 Å². The lowest BCUT2D eigenvalue weighted by molar-refractivity contribution is -0.202. The molecule has 1 saturated heterocycles. The molecule has 1 aromatic carbocycles. The standard InChI is InChI=1S/C11H11NO3/c1-13-11(5-14-6-11)8-2-3-9-10(4-8)15-7-12-9/h2-4,7H,5-6H2,1H3. The molecule has 4 nitrogen and oxygen atoms in total. The fraction of sp³-hybridized carbons (Fsp3) is 0.364. The molecule has 0 N–H and O–H groups in total. The molecular formula is C11H11NO3. The molecule has 1 aliphatic heterocycles. The number of aromatic nitrogens is 1. The second-order valence-corrected chi connectivity index (χ2v) is 3.73. The minimum absolute atomic E-state index is 0.291. The van der Waals surface area contributed by atoms with Crippen molar-refractivity contribution in [3.63, 3.8) is 0 Å². The van der Waals surface area contributed by atoms with Crippen LogP contribution in [-0.4, -0.2) is 25.3 Å². The first-order valence-corrected chi connectivity index (χ1v) is 4.81. The SMILES string of the molecule is COC1(c2ccc3ncoc3c2)COC1. The minimum Gasteiger partial charge on any atom is -0.443 e. The monoisotopic (exact) mass is 205 g/mol. The number of oxazole rings is 1. The van der Waals surface area contributed by atoms with Crippen molar-refractivity contribution in [3.8, 4) is 0 Å². The lowest BCUT2D eigenvalue weighted by Gasteiger charge is -2.40. The zero-order valence-corrected chi connectivity index (χ0v) is 8.40. The first-order valence-electron chi connectivity index (χ1n) is 4.81. The van der Waals surface area contributed by atoms with E-state index in [2.05, 4.69) is 4.98 Å². The average molecular weight is 205 g/mol. The Morgan fingerprint density at radius 3 is 2.93 bits per heavy atom. The molecule has 0 spiro atoms. The summed E-state index contributed by atoms with van der Waals surface area (Å²) in [4.78, 5) is 4.07. The highest BCUT2D eigenvalue weighted by molar-refractivity contribution is 5.73. The Labute approximate surface area is 86.8 Å². The summed E-state index contributed by atoms with van der Waals surface area (Å²) in [5, 5.41) is 0. The summed E-state index contributed by atoms with van der Waals surface area (Å²) in [6, 6.07) is 5.92. The maximum absolute atomic E-state index is 5.50. The maximum atomic E-state index is 5.50. The summed E-state index contributed by atoms with van der Waals surface area (Å²) in [6.07, 6.45) is 1.45. The molecule has 0 amide bonds. The molecule has 2 aromatic rings. The lowest BCUT2D eigenvalue weighted by Crippen LogP contribution is -2.48. The van der Waals surface area contributed by atoms with Crippen LogP contribution in [0.15, 0.2) is 29.0 Å². The highest BCUT2D eigenvalue weighted by atomic mass is 16.6. The van der Waals surface area contributed by atoms with Crippen LogP contribution >= 0.6 is 0 Å². The maximum Gasteiger partial charge on any atom is 0.181 e. The number of rotatable bonds is 2. The molecule has 1 aliphatic rings. The van der Waals surface area contributed by atoms with Gasteiger partial charge in [-0.15, -0.1) is 0 Å². The van der Waals surface area contributed by atoms with Gasteiger partial charge in [0, 0.05) is 7.11 Å². The van der Waals surface area contributed by atoms with E-state index in [1.807, 2.05) is 18.2 Å². The Morgan fingerprint density at radius 2 is 2.27 bits per heavy atom. The summed E-state index contributed by atoms with van der Waals surface area (Å²) < 4.78 is 16.0. The van der Waals surface area contributed by atoms with Gasteiger partial charge in [0.05, 0.1) is 13.2 Å². The van der Waals surface area contributed by atoms with Crippen LogP contribution in [0.2, 0.25) is 0 Å². The van der Waals surface area contributed by atoms with Crippen LogP contribution in [0.5, 0.6) is 0 Å². The van der Waals surface area contributed by atoms with Crippen LogP contribution in [-0.2, 0) is 15.1 Å². The van der Waals surface area contributed by atoms with Crippen LogP contribution in [0.3, 0.4) is 0 Å². The molecule has 15 heavy (non-hydrogen) atoms. The van der Waals surface area contributed by atoms with Gasteiger partial charge in [-0.1, -0.05) is 6.07 Å². The number of fused-ring (bicyclic) bond motifs is 1. The van der Waals surface area contributed by atoms with Gasteiger partial charge in [0.1, 0.15) is 11.1 Å². The topological polar surface area (TPSA) is 44.5 Å². The van der Waals surface area contributed by atoms with Crippen molar-refractivity contribution in [2.24, 2.45) is 0 Å². The molecule has 0 saturated carbocycles. The second kappa shape index (κ2) is 3.05. The van der Waals surface area contributed by atoms with Crippen LogP contribution in [0.25, 0.3) is 11.1 Å². The fourth-order valence-corrected chi connectivity index (χ4v) is 1.83. The first kappa shape index (κ1) is 8.88. The third kappa shape index (κ3) is 1.19. The van der Waals surface area contributed by atoms with Gasteiger partial charge < -0.3 is 13.9 Å². The molecule has 2 heterocycles. The smallest absolute Gasteiger partial charge is 0.181 e. The van der Waals surface area contributed by atoms with Gasteiger partial charge in [-0.2, -0.15) is 0 Å². The number of methoxy groups -OCH3 is 1. The highest BCUT2D eigenvalue weighted by Gasteiger charge is 2.40. The number of benzene rings is 1. The highest BCUT2D eigenvalue weighted by Crippen LogP contribution is 2.34. The number of hydrogen-bond acceptors (Lipinski definition) is 4. The predicted molar refractivity (Wildman–Crippen MR) is 53.5 cm³/mol. The van der Waals surface area contributed by atoms with Crippen LogP contribution in [0.4, 0.5) is 0 Å². The quantitative estimate of drug-likeness (QED) is 0.748.